The van der Waals surface area contributed by atoms with Crippen LogP contribution in [0.2, 0.25) is 0 Å². The molecule has 0 amide bonds. The van der Waals surface area contributed by atoms with Gasteiger partial charge in [-0.15, -0.1) is 10.2 Å². The van der Waals surface area contributed by atoms with Crippen LogP contribution in [0, 0.1) is 0 Å². The minimum atomic E-state index is -0.272. The largest absolute Gasteiger partial charge is 0.469 e. The van der Waals surface area contributed by atoms with Crippen LogP contribution in [0.4, 0.5) is 16.2 Å². The molecule has 1 aromatic rings. The number of allylic oxidation sites excluding steroid dienone is 1. The fourth-order valence-corrected chi connectivity index (χ4v) is 0.985. The van der Waals surface area contributed by atoms with E-state index in [0.29, 0.717) is 17.9 Å². The predicted molar refractivity (Wildman–Crippen MR) is 63.4 cm³/mol. The second-order valence-electron chi connectivity index (χ2n) is 3.46. The van der Waals surface area contributed by atoms with Crippen LogP contribution in [0.5, 0.6) is 5.88 Å². The number of nitrogens with two attached hydrogens (primary N) is 1. The maximum atomic E-state index is 12.8. The number of nitrogens with one attached hydrogen (secondary N) is 1. The van der Waals surface area contributed by atoms with Gasteiger partial charge in [-0.2, -0.15) is 4.98 Å². The van der Waals surface area contributed by atoms with Gasteiger partial charge in [-0.3, -0.25) is 0 Å². The van der Waals surface area contributed by atoms with E-state index in [-0.39, 0.29) is 24.3 Å². The van der Waals surface area contributed by atoms with Crippen molar-refractivity contribution in [1.29, 1.82) is 0 Å². The Labute approximate surface area is 99.1 Å². The quantitative estimate of drug-likeness (QED) is 0.813. The molecule has 0 radical (unpaired) electrons. The second kappa shape index (κ2) is 5.97. The molecule has 0 bridgehead atoms. The van der Waals surface area contributed by atoms with E-state index in [2.05, 4.69) is 20.5 Å². The fourth-order valence-electron chi connectivity index (χ4n) is 0.985. The van der Waals surface area contributed by atoms with Crippen molar-refractivity contribution < 1.29 is 9.13 Å². The minimum absolute atomic E-state index is 0.0576. The van der Waals surface area contributed by atoms with E-state index in [1.165, 1.54) is 6.92 Å². The smallest absolute Gasteiger partial charge is 0.277 e. The van der Waals surface area contributed by atoms with Crippen LogP contribution >= 0.6 is 0 Å². The zero-order valence-corrected chi connectivity index (χ0v) is 10.1. The molecule has 1 rings (SSSR count). The van der Waals surface area contributed by atoms with Gasteiger partial charge in [0.15, 0.2) is 5.82 Å². The fraction of sp³-hybridized carbons (Fsp3) is 0.500. The molecule has 0 fully saturated rings. The summed E-state index contributed by atoms with van der Waals surface area (Å²) in [5.41, 5.74) is 5.90. The molecule has 0 aliphatic heterocycles. The number of ether oxygens (including phenoxy) is 1. The van der Waals surface area contributed by atoms with Crippen molar-refractivity contribution in [2.24, 2.45) is 0 Å². The number of hydrogen-bond donors (Lipinski definition) is 2. The van der Waals surface area contributed by atoms with Gasteiger partial charge in [-0.05, 0) is 26.3 Å². The van der Waals surface area contributed by atoms with Gasteiger partial charge < -0.3 is 15.8 Å². The normalized spacial score (nSPS) is 12.0. The van der Waals surface area contributed by atoms with Crippen molar-refractivity contribution in [3.63, 3.8) is 0 Å². The van der Waals surface area contributed by atoms with Gasteiger partial charge in [0, 0.05) is 6.54 Å². The highest BCUT2D eigenvalue weighted by molar-refractivity contribution is 5.46. The summed E-state index contributed by atoms with van der Waals surface area (Å²) in [6, 6.07) is 0. The average molecular weight is 241 g/mol. The molecular weight excluding hydrogens is 225 g/mol. The second-order valence-corrected chi connectivity index (χ2v) is 3.46. The van der Waals surface area contributed by atoms with Crippen molar-refractivity contribution in [1.82, 2.24) is 15.2 Å². The van der Waals surface area contributed by atoms with Crippen LogP contribution in [0.15, 0.2) is 11.4 Å². The van der Waals surface area contributed by atoms with Crippen molar-refractivity contribution in [3.05, 3.63) is 11.4 Å². The van der Waals surface area contributed by atoms with E-state index in [4.69, 9.17) is 10.5 Å². The molecule has 3 N–H and O–H groups in total. The van der Waals surface area contributed by atoms with Crippen LogP contribution < -0.4 is 15.8 Å². The number of anilines is 2. The summed E-state index contributed by atoms with van der Waals surface area (Å²) in [4.78, 5) is 3.94. The molecular formula is C10H16FN5O. The molecule has 1 heterocycles. The molecule has 0 aromatic carbocycles. The molecule has 0 saturated heterocycles. The summed E-state index contributed by atoms with van der Waals surface area (Å²) in [6.07, 6.45) is 0. The van der Waals surface area contributed by atoms with E-state index >= 15 is 0 Å². The Kier molecular flexibility index (Phi) is 4.62. The van der Waals surface area contributed by atoms with Crippen molar-refractivity contribution in [2.45, 2.75) is 20.8 Å². The number of hydrogen-bond acceptors (Lipinski definition) is 6. The first-order valence-electron chi connectivity index (χ1n) is 5.23. The molecule has 0 saturated carbocycles. The van der Waals surface area contributed by atoms with Crippen molar-refractivity contribution >= 4 is 11.8 Å². The highest BCUT2D eigenvalue weighted by atomic mass is 19.1. The van der Waals surface area contributed by atoms with Crippen LogP contribution in [0.1, 0.15) is 20.8 Å². The van der Waals surface area contributed by atoms with E-state index in [1.54, 1.807) is 6.92 Å². The lowest BCUT2D eigenvalue weighted by Gasteiger charge is -2.10. The lowest BCUT2D eigenvalue weighted by Crippen LogP contribution is -2.10. The molecule has 0 aliphatic carbocycles. The lowest BCUT2D eigenvalue weighted by molar-refractivity contribution is 0.329. The molecule has 17 heavy (non-hydrogen) atoms. The van der Waals surface area contributed by atoms with Gasteiger partial charge >= 0.3 is 0 Å². The third-order valence-corrected chi connectivity index (χ3v) is 2.03. The molecule has 0 unspecified atom stereocenters. The molecule has 94 valence electrons. The topological polar surface area (TPSA) is 86.0 Å². The van der Waals surface area contributed by atoms with Crippen LogP contribution in [0.3, 0.4) is 0 Å². The zero-order valence-electron chi connectivity index (χ0n) is 10.1. The number of halogens is 1. The van der Waals surface area contributed by atoms with Crippen LogP contribution in [-0.4, -0.2) is 28.3 Å². The summed E-state index contributed by atoms with van der Waals surface area (Å²) in [6.45, 7) is 5.66. The monoisotopic (exact) mass is 241 g/mol. The first-order chi connectivity index (χ1) is 8.04. The summed E-state index contributed by atoms with van der Waals surface area (Å²) < 4.78 is 18.1. The van der Waals surface area contributed by atoms with Gasteiger partial charge in [0.25, 0.3) is 5.88 Å². The highest BCUT2D eigenvalue weighted by Crippen LogP contribution is 2.19. The summed E-state index contributed by atoms with van der Waals surface area (Å²) >= 11 is 0. The lowest BCUT2D eigenvalue weighted by atomic mass is 10.3. The zero-order chi connectivity index (χ0) is 12.8. The summed E-state index contributed by atoms with van der Waals surface area (Å²) in [5.74, 6) is 0.402. The Bertz CT molecular complexity index is 417. The average Bonchev–Trinajstić information content (AvgIpc) is 2.28. The Morgan fingerprint density at radius 1 is 1.41 bits per heavy atom. The SMILES string of the molecule is CCNc1nc(N)nnc1OCC(C)=C(C)F. The third-order valence-electron chi connectivity index (χ3n) is 2.03. The maximum absolute atomic E-state index is 12.8. The number of nitrogen functional groups attached to an aromatic ring is 1. The van der Waals surface area contributed by atoms with Gasteiger partial charge in [-0.25, -0.2) is 4.39 Å². The number of aromatic nitrogens is 3. The molecule has 0 spiro atoms. The number of rotatable bonds is 5. The molecule has 0 atom stereocenters. The van der Waals surface area contributed by atoms with Crippen molar-refractivity contribution in [2.75, 3.05) is 24.2 Å². The molecule has 1 aromatic heterocycles. The van der Waals surface area contributed by atoms with Gasteiger partial charge in [0.1, 0.15) is 6.61 Å². The summed E-state index contributed by atoms with van der Waals surface area (Å²) in [5, 5.41) is 10.3. The van der Waals surface area contributed by atoms with E-state index < -0.39 is 0 Å². The first-order valence-corrected chi connectivity index (χ1v) is 5.23. The van der Waals surface area contributed by atoms with Gasteiger partial charge in [0.2, 0.25) is 5.95 Å². The molecule has 0 aliphatic rings. The molecule has 6 nitrogen and oxygen atoms in total. The van der Waals surface area contributed by atoms with E-state index in [1.807, 2.05) is 6.92 Å². The minimum Gasteiger partial charge on any atom is -0.469 e. The Morgan fingerprint density at radius 2 is 2.12 bits per heavy atom. The number of nitrogens with zero attached hydrogens (tertiary/aromatic N) is 3. The van der Waals surface area contributed by atoms with Gasteiger partial charge in [-0.1, -0.05) is 0 Å². The van der Waals surface area contributed by atoms with E-state index in [9.17, 15) is 4.39 Å². The van der Waals surface area contributed by atoms with Crippen LogP contribution in [0.25, 0.3) is 0 Å². The summed E-state index contributed by atoms with van der Waals surface area (Å²) in [7, 11) is 0. The maximum Gasteiger partial charge on any atom is 0.277 e. The predicted octanol–water partition coefficient (Wildman–Crippen LogP) is 1.53. The van der Waals surface area contributed by atoms with Crippen molar-refractivity contribution in [3.8, 4) is 5.88 Å². The Hall–Kier alpha value is -1.92. The Morgan fingerprint density at radius 3 is 2.71 bits per heavy atom. The Balaban J connectivity index is 2.80. The molecule has 7 heteroatoms. The van der Waals surface area contributed by atoms with Crippen LogP contribution in [-0.2, 0) is 0 Å². The standard InChI is InChI=1S/C10H16FN5O/c1-4-13-8-9(15-16-10(12)14-8)17-5-6(2)7(3)11/h4-5H2,1-3H3,(H3,12,13,14,16). The third kappa shape index (κ3) is 3.86. The van der Waals surface area contributed by atoms with E-state index in [0.717, 1.165) is 0 Å². The van der Waals surface area contributed by atoms with Gasteiger partial charge in [0.05, 0.1) is 5.83 Å². The highest BCUT2D eigenvalue weighted by Gasteiger charge is 2.09. The first kappa shape index (κ1) is 13.1.